The van der Waals surface area contributed by atoms with Crippen molar-refractivity contribution < 1.29 is 61.9 Å². The highest BCUT2D eigenvalue weighted by molar-refractivity contribution is 6.20. The Kier molecular flexibility index (Phi) is 18.9. The molecule has 0 saturated carbocycles. The van der Waals surface area contributed by atoms with Gasteiger partial charge in [0.15, 0.2) is 0 Å². The van der Waals surface area contributed by atoms with Gasteiger partial charge in [-0.3, -0.25) is 24.0 Å². The lowest BCUT2D eigenvalue weighted by Gasteiger charge is -2.25. The highest BCUT2D eigenvalue weighted by Crippen LogP contribution is 2.51. The van der Waals surface area contributed by atoms with Crippen LogP contribution in [-0.4, -0.2) is 116 Å². The van der Waals surface area contributed by atoms with Gasteiger partial charge in [0, 0.05) is 76.4 Å². The third kappa shape index (κ3) is 12.4. The molecule has 0 fully saturated rings. The van der Waals surface area contributed by atoms with Gasteiger partial charge >= 0.3 is 5.97 Å². The summed E-state index contributed by atoms with van der Waals surface area (Å²) < 4.78 is 41.9. The Morgan fingerprint density at radius 2 is 0.673 bits per heavy atom. The molecule has 0 aliphatic carbocycles. The number of ether oxygens (including phenoxy) is 7. The van der Waals surface area contributed by atoms with Crippen LogP contribution in [-0.2, 0) is 4.74 Å². The Hall–Kier alpha value is -13.0. The van der Waals surface area contributed by atoms with E-state index in [9.17, 15) is 19.2 Å². The second-order valence-electron chi connectivity index (χ2n) is 23.9. The van der Waals surface area contributed by atoms with Gasteiger partial charge in [-0.1, -0.05) is 158 Å². The molecule has 0 aliphatic rings. The maximum absolute atomic E-state index is 15.6. The lowest BCUT2D eigenvalue weighted by molar-refractivity contribution is 0.0596. The second-order valence-corrected chi connectivity index (χ2v) is 23.9. The highest BCUT2D eigenvalue weighted by Gasteiger charge is 2.31. The van der Waals surface area contributed by atoms with Gasteiger partial charge < -0.3 is 59.7 Å². The summed E-state index contributed by atoms with van der Waals surface area (Å²) in [5, 5.41) is 18.4. The molecule has 0 spiro atoms. The van der Waals surface area contributed by atoms with Crippen LogP contribution >= 0.6 is 0 Å². The fourth-order valence-corrected chi connectivity index (χ4v) is 13.7. The fourth-order valence-electron chi connectivity index (χ4n) is 13.7. The van der Waals surface area contributed by atoms with Crippen LogP contribution < -0.4 is 50.1 Å². The van der Waals surface area contributed by atoms with Crippen molar-refractivity contribution in [1.82, 2.24) is 15.5 Å². The molecule has 0 aromatic heterocycles. The smallest absolute Gasteiger partial charge is 0.341 e. The van der Waals surface area contributed by atoms with Crippen molar-refractivity contribution in [3.05, 3.63) is 246 Å². The predicted octanol–water partition coefficient (Wildman–Crippen LogP) is 15.1. The van der Waals surface area contributed by atoms with E-state index in [-0.39, 0.29) is 88.2 Å². The summed E-state index contributed by atoms with van der Waals surface area (Å²) in [4.78, 5) is 89.0. The topological polar surface area (TPSA) is 232 Å². The molecule has 5 N–H and O–H groups in total. The van der Waals surface area contributed by atoms with Crippen molar-refractivity contribution in [2.75, 3.05) is 81.3 Å². The van der Waals surface area contributed by atoms with E-state index in [1.165, 1.54) is 58.6 Å². The summed E-state index contributed by atoms with van der Waals surface area (Å²) in [6.07, 6.45) is 0. The van der Waals surface area contributed by atoms with E-state index in [4.69, 9.17) is 38.9 Å². The average molecular weight is 1340 g/mol. The van der Waals surface area contributed by atoms with Crippen LogP contribution in [0.4, 0.5) is 5.69 Å². The number of hydrogen-bond acceptors (Lipinski definition) is 13. The first-order chi connectivity index (χ1) is 49.2. The lowest BCUT2D eigenvalue weighted by atomic mass is 9.88. The molecule has 101 heavy (non-hydrogen) atoms. The third-order valence-electron chi connectivity index (χ3n) is 18.3. The Morgan fingerprint density at radius 1 is 0.347 bits per heavy atom. The fraction of sp³-hybridized carbons (Fsp3) is 0.133. The molecule has 18 heteroatoms. The van der Waals surface area contributed by atoms with Gasteiger partial charge in [0.05, 0.1) is 66.5 Å². The molecule has 0 radical (unpaired) electrons. The number of carbonyl (C=O) groups is 6. The first kappa shape index (κ1) is 66.6. The molecule has 18 nitrogen and oxygen atoms in total. The molecule has 13 rings (SSSR count). The minimum absolute atomic E-state index is 0.00717. The van der Waals surface area contributed by atoms with Crippen LogP contribution in [0.25, 0.3) is 98.0 Å². The van der Waals surface area contributed by atoms with Crippen molar-refractivity contribution in [3.63, 3.8) is 0 Å². The van der Waals surface area contributed by atoms with E-state index in [2.05, 4.69) is 16.0 Å². The number of rotatable bonds is 22. The third-order valence-corrected chi connectivity index (χ3v) is 18.3. The van der Waals surface area contributed by atoms with Crippen molar-refractivity contribution >= 4 is 106 Å². The van der Waals surface area contributed by atoms with Crippen LogP contribution in [0.2, 0.25) is 0 Å². The number of nitrogens with zero attached hydrogens (tertiary/aromatic N) is 1. The van der Waals surface area contributed by atoms with Crippen molar-refractivity contribution in [2.45, 2.75) is 0 Å². The number of anilines is 1. The van der Waals surface area contributed by atoms with E-state index < -0.39 is 35.5 Å². The average Bonchev–Trinajstić information content (AvgIpc) is 0.750. The zero-order valence-electron chi connectivity index (χ0n) is 56.4. The number of esters is 1. The number of primary amides is 1. The Balaban J connectivity index is 0.869. The van der Waals surface area contributed by atoms with Gasteiger partial charge in [0.1, 0.15) is 40.1 Å². The molecular formula is C83H69N5O13. The number of hydrogen-bond donors (Lipinski definition) is 4. The number of nitrogens with one attached hydrogen (secondary N) is 3. The van der Waals surface area contributed by atoms with Crippen LogP contribution in [0.15, 0.2) is 212 Å². The highest BCUT2D eigenvalue weighted by atomic mass is 16.5. The van der Waals surface area contributed by atoms with Gasteiger partial charge in [0.2, 0.25) is 5.91 Å². The quantitative estimate of drug-likeness (QED) is 0.0463. The number of carbonyl (C=O) groups excluding carboxylic acids is 6. The maximum atomic E-state index is 15.6. The maximum Gasteiger partial charge on any atom is 0.341 e. The molecule has 504 valence electrons. The lowest BCUT2D eigenvalue weighted by Crippen LogP contribution is -2.43. The summed E-state index contributed by atoms with van der Waals surface area (Å²) in [6.45, 7) is -0.580. The summed E-state index contributed by atoms with van der Waals surface area (Å²) in [5.41, 5.74) is 10.1. The molecular weight excluding hydrogens is 1270 g/mol. The SMILES string of the molecule is COC(=O)c1cc2ccccc2c(-c2c(OC)c(C(=O)Nc3cc(C(N)=O)cc(C(=O)N(CCNC(=O)c4cc5ccccc5c(-c5c(OC)ccc6ccccc56)c4OC)CCNC(=O)c4cc5ccccc5c(-c5c(OC)ccc6ccccc56)c4OC)c3)cc3ccccc23)c1OC. The van der Waals surface area contributed by atoms with Gasteiger partial charge in [-0.2, -0.15) is 0 Å². The normalized spacial score (nSPS) is 11.2. The number of methoxy groups -OCH3 is 7. The zero-order valence-corrected chi connectivity index (χ0v) is 56.4. The van der Waals surface area contributed by atoms with E-state index in [0.717, 1.165) is 54.2 Å². The van der Waals surface area contributed by atoms with Gasteiger partial charge in [0.25, 0.3) is 23.6 Å². The van der Waals surface area contributed by atoms with E-state index in [0.29, 0.717) is 55.3 Å². The minimum Gasteiger partial charge on any atom is -0.496 e. The predicted molar refractivity (Wildman–Crippen MR) is 395 cm³/mol. The second kappa shape index (κ2) is 28.6. The molecule has 0 atom stereocenters. The van der Waals surface area contributed by atoms with Crippen molar-refractivity contribution in [3.8, 4) is 67.9 Å². The van der Waals surface area contributed by atoms with E-state index >= 15 is 9.59 Å². The molecule has 0 heterocycles. The number of nitrogens with two attached hydrogens (primary N) is 1. The van der Waals surface area contributed by atoms with Gasteiger partial charge in [-0.25, -0.2) is 4.79 Å². The van der Waals surface area contributed by atoms with E-state index in [1.54, 1.807) is 38.5 Å². The standard InChI is InChI=1S/C83H69N5O13/c1-95-66-34-32-47-20-8-14-26-56(47)68(66)70-58-28-16-10-22-49(58)43-62(74(70)97-3)79(90)85-36-38-88(39-37-86-80(91)63-44-50-23-11-17-29-59(50)71(75(63)98-4)69-57-27-15-9-21-48(57)33-35-67(69)96-2)82(93)54-40-53(78(84)89)41-55(42-54)87-81(92)64-45-51-24-12-18-30-60(51)72(76(64)99-5)73-61-31-19-13-25-52(61)46-65(77(73)100-6)83(94)101-7/h8-35,40-46H,36-39H2,1-7H3,(H2,84,89)(H,85,90)(H,86,91)(H,87,92). The van der Waals surface area contributed by atoms with Crippen LogP contribution in [0, 0.1) is 0 Å². The molecule has 0 saturated heterocycles. The summed E-state index contributed by atoms with van der Waals surface area (Å²) in [6, 6.07) is 64.5. The number of amides is 5. The molecule has 13 aromatic carbocycles. The molecule has 0 unspecified atom stereocenters. The molecule has 13 aromatic rings. The Labute approximate surface area is 581 Å². The summed E-state index contributed by atoms with van der Waals surface area (Å²) in [5.74, 6) is -1.98. The monoisotopic (exact) mass is 1340 g/mol. The summed E-state index contributed by atoms with van der Waals surface area (Å²) >= 11 is 0. The molecule has 0 bridgehead atoms. The van der Waals surface area contributed by atoms with Crippen LogP contribution in [0.1, 0.15) is 62.1 Å². The van der Waals surface area contributed by atoms with E-state index in [1.807, 2.05) is 170 Å². The minimum atomic E-state index is -0.911. The van der Waals surface area contributed by atoms with Crippen molar-refractivity contribution in [2.24, 2.45) is 5.73 Å². The van der Waals surface area contributed by atoms with Gasteiger partial charge in [-0.15, -0.1) is 0 Å². The largest absolute Gasteiger partial charge is 0.496 e. The molecule has 5 amide bonds. The first-order valence-electron chi connectivity index (χ1n) is 32.4. The summed E-state index contributed by atoms with van der Waals surface area (Å²) in [7, 11) is 10.3. The van der Waals surface area contributed by atoms with Crippen LogP contribution in [0.5, 0.6) is 34.5 Å². The van der Waals surface area contributed by atoms with Gasteiger partial charge in [-0.05, 0) is 119 Å². The molecule has 0 aliphatic heterocycles. The Morgan fingerprint density at radius 3 is 1.04 bits per heavy atom. The van der Waals surface area contributed by atoms with Crippen LogP contribution in [0.3, 0.4) is 0 Å². The first-order valence-corrected chi connectivity index (χ1v) is 32.4. The number of fused-ring (bicyclic) bond motifs is 6. The zero-order chi connectivity index (χ0) is 70.6. The van der Waals surface area contributed by atoms with Crippen molar-refractivity contribution in [1.29, 1.82) is 0 Å². The number of benzene rings is 13. The Bertz CT molecular complexity index is 5340.